The fourth-order valence-corrected chi connectivity index (χ4v) is 3.08. The largest absolute Gasteiger partial charge is 0.495 e. The molecule has 1 N–H and O–H groups in total. The molecule has 0 unspecified atom stereocenters. The van der Waals surface area contributed by atoms with Crippen LogP contribution in [0.3, 0.4) is 0 Å². The highest BCUT2D eigenvalue weighted by Crippen LogP contribution is 2.31. The maximum absolute atomic E-state index is 5.62. The number of hydrogen-bond acceptors (Lipinski definition) is 4. The SMILES string of the molecule is COc1cc(CNCc2cccnc2)ccc1N1CCCCC1. The van der Waals surface area contributed by atoms with Crippen molar-refractivity contribution in [2.75, 3.05) is 25.1 Å². The smallest absolute Gasteiger partial charge is 0.142 e. The van der Waals surface area contributed by atoms with E-state index in [1.54, 1.807) is 13.3 Å². The number of anilines is 1. The van der Waals surface area contributed by atoms with E-state index in [1.165, 1.54) is 36.1 Å². The van der Waals surface area contributed by atoms with Crippen LogP contribution < -0.4 is 15.0 Å². The Bertz CT molecular complexity index is 609. The summed E-state index contributed by atoms with van der Waals surface area (Å²) in [6.45, 7) is 3.92. The maximum Gasteiger partial charge on any atom is 0.142 e. The summed E-state index contributed by atoms with van der Waals surface area (Å²) in [6, 6.07) is 10.6. The highest BCUT2D eigenvalue weighted by molar-refractivity contribution is 5.60. The van der Waals surface area contributed by atoms with Crippen LogP contribution >= 0.6 is 0 Å². The molecule has 3 rings (SSSR count). The topological polar surface area (TPSA) is 37.4 Å². The van der Waals surface area contributed by atoms with E-state index >= 15 is 0 Å². The van der Waals surface area contributed by atoms with Gasteiger partial charge in [0.15, 0.2) is 0 Å². The Labute approximate surface area is 138 Å². The number of piperidine rings is 1. The normalized spacial score (nSPS) is 14.7. The molecule has 122 valence electrons. The van der Waals surface area contributed by atoms with Gasteiger partial charge < -0.3 is 15.0 Å². The average molecular weight is 311 g/mol. The number of aromatic nitrogens is 1. The van der Waals surface area contributed by atoms with Crippen LogP contribution in [0, 0.1) is 0 Å². The minimum Gasteiger partial charge on any atom is -0.495 e. The zero-order chi connectivity index (χ0) is 15.9. The highest BCUT2D eigenvalue weighted by atomic mass is 16.5. The third-order valence-electron chi connectivity index (χ3n) is 4.32. The first-order chi connectivity index (χ1) is 11.4. The maximum atomic E-state index is 5.62. The number of rotatable bonds is 6. The third-order valence-corrected chi connectivity index (χ3v) is 4.32. The lowest BCUT2D eigenvalue weighted by atomic mass is 10.1. The van der Waals surface area contributed by atoms with Crippen molar-refractivity contribution < 1.29 is 4.74 Å². The van der Waals surface area contributed by atoms with E-state index in [-0.39, 0.29) is 0 Å². The monoisotopic (exact) mass is 311 g/mol. The molecule has 2 aromatic rings. The van der Waals surface area contributed by atoms with Crippen LogP contribution in [0.4, 0.5) is 5.69 Å². The summed E-state index contributed by atoms with van der Waals surface area (Å²) in [6.07, 6.45) is 7.59. The summed E-state index contributed by atoms with van der Waals surface area (Å²) >= 11 is 0. The molecule has 1 saturated heterocycles. The van der Waals surface area contributed by atoms with E-state index in [2.05, 4.69) is 39.5 Å². The zero-order valence-electron chi connectivity index (χ0n) is 13.8. The molecular formula is C19H25N3O. The third kappa shape index (κ3) is 4.23. The van der Waals surface area contributed by atoms with Gasteiger partial charge >= 0.3 is 0 Å². The average Bonchev–Trinajstić information content (AvgIpc) is 2.63. The van der Waals surface area contributed by atoms with E-state index in [9.17, 15) is 0 Å². The van der Waals surface area contributed by atoms with Gasteiger partial charge in [-0.15, -0.1) is 0 Å². The van der Waals surface area contributed by atoms with Crippen molar-refractivity contribution in [2.45, 2.75) is 32.4 Å². The molecule has 23 heavy (non-hydrogen) atoms. The van der Waals surface area contributed by atoms with Crippen molar-refractivity contribution in [1.29, 1.82) is 0 Å². The molecule has 1 aliphatic rings. The Morgan fingerprint density at radius 2 is 1.91 bits per heavy atom. The first-order valence-electron chi connectivity index (χ1n) is 8.38. The van der Waals surface area contributed by atoms with Crippen LogP contribution in [-0.2, 0) is 13.1 Å². The van der Waals surface area contributed by atoms with Gasteiger partial charge in [0.1, 0.15) is 5.75 Å². The second kappa shape index (κ2) is 7.97. The summed E-state index contributed by atoms with van der Waals surface area (Å²) < 4.78 is 5.62. The minimum atomic E-state index is 0.823. The molecule has 2 heterocycles. The van der Waals surface area contributed by atoms with Gasteiger partial charge in [-0.25, -0.2) is 0 Å². The first kappa shape index (κ1) is 15.8. The Morgan fingerprint density at radius 1 is 1.09 bits per heavy atom. The van der Waals surface area contributed by atoms with Gasteiger partial charge in [-0.2, -0.15) is 0 Å². The molecule has 1 fully saturated rings. The Balaban J connectivity index is 1.62. The van der Waals surface area contributed by atoms with E-state index in [4.69, 9.17) is 4.74 Å². The number of benzene rings is 1. The fourth-order valence-electron chi connectivity index (χ4n) is 3.08. The molecule has 1 aromatic carbocycles. The molecule has 4 nitrogen and oxygen atoms in total. The quantitative estimate of drug-likeness (QED) is 0.887. The molecule has 1 aliphatic heterocycles. The lowest BCUT2D eigenvalue weighted by molar-refractivity contribution is 0.412. The van der Waals surface area contributed by atoms with Crippen molar-refractivity contribution in [2.24, 2.45) is 0 Å². The van der Waals surface area contributed by atoms with E-state index in [0.717, 1.165) is 31.9 Å². The predicted octanol–water partition coefficient (Wildman–Crippen LogP) is 3.37. The van der Waals surface area contributed by atoms with E-state index < -0.39 is 0 Å². The van der Waals surface area contributed by atoms with E-state index in [0.29, 0.717) is 0 Å². The molecule has 0 bridgehead atoms. The molecule has 0 aliphatic carbocycles. The summed E-state index contributed by atoms with van der Waals surface area (Å²) in [5.41, 5.74) is 3.67. The second-order valence-corrected chi connectivity index (χ2v) is 6.02. The molecule has 0 spiro atoms. The number of nitrogens with zero attached hydrogens (tertiary/aromatic N) is 2. The predicted molar refractivity (Wildman–Crippen MR) is 93.8 cm³/mol. The van der Waals surface area contributed by atoms with Crippen LogP contribution in [0.5, 0.6) is 5.75 Å². The van der Waals surface area contributed by atoms with Crippen molar-refractivity contribution in [3.63, 3.8) is 0 Å². The van der Waals surface area contributed by atoms with Gasteiger partial charge in [-0.05, 0) is 48.6 Å². The van der Waals surface area contributed by atoms with Crippen LogP contribution in [0.2, 0.25) is 0 Å². The highest BCUT2D eigenvalue weighted by Gasteiger charge is 2.15. The Hall–Kier alpha value is -2.07. The lowest BCUT2D eigenvalue weighted by Crippen LogP contribution is -2.29. The molecule has 0 amide bonds. The van der Waals surface area contributed by atoms with Crippen molar-refractivity contribution in [3.05, 3.63) is 53.9 Å². The fraction of sp³-hybridized carbons (Fsp3) is 0.421. The Kier molecular flexibility index (Phi) is 5.48. The van der Waals surface area contributed by atoms with Crippen molar-refractivity contribution in [1.82, 2.24) is 10.3 Å². The van der Waals surface area contributed by atoms with Crippen LogP contribution in [-0.4, -0.2) is 25.2 Å². The van der Waals surface area contributed by atoms with Gasteiger partial charge in [-0.3, -0.25) is 4.98 Å². The molecule has 1 aromatic heterocycles. The van der Waals surface area contributed by atoms with Gasteiger partial charge in [0, 0.05) is 38.6 Å². The van der Waals surface area contributed by atoms with Crippen LogP contribution in [0.1, 0.15) is 30.4 Å². The Morgan fingerprint density at radius 3 is 2.65 bits per heavy atom. The molecule has 0 radical (unpaired) electrons. The summed E-state index contributed by atoms with van der Waals surface area (Å²) in [5.74, 6) is 0.979. The number of pyridine rings is 1. The summed E-state index contributed by atoms with van der Waals surface area (Å²) in [7, 11) is 1.76. The molecule has 4 heteroatoms. The number of hydrogen-bond donors (Lipinski definition) is 1. The zero-order valence-corrected chi connectivity index (χ0v) is 13.8. The van der Waals surface area contributed by atoms with E-state index in [1.807, 2.05) is 12.3 Å². The van der Waals surface area contributed by atoms with Crippen LogP contribution in [0.25, 0.3) is 0 Å². The standard InChI is InChI=1S/C19H25N3O/c1-23-19-12-16(13-21-15-17-6-5-9-20-14-17)7-8-18(19)22-10-3-2-4-11-22/h5-9,12,14,21H,2-4,10-11,13,15H2,1H3. The minimum absolute atomic E-state index is 0.823. The second-order valence-electron chi connectivity index (χ2n) is 6.02. The summed E-state index contributed by atoms with van der Waals surface area (Å²) in [4.78, 5) is 6.58. The molecular weight excluding hydrogens is 286 g/mol. The van der Waals surface area contributed by atoms with Gasteiger partial charge in [-0.1, -0.05) is 12.1 Å². The van der Waals surface area contributed by atoms with Gasteiger partial charge in [0.25, 0.3) is 0 Å². The molecule has 0 atom stereocenters. The van der Waals surface area contributed by atoms with Crippen LogP contribution in [0.15, 0.2) is 42.7 Å². The van der Waals surface area contributed by atoms with Gasteiger partial charge in [0.05, 0.1) is 12.8 Å². The number of ether oxygens (including phenoxy) is 1. The van der Waals surface area contributed by atoms with Gasteiger partial charge in [0.2, 0.25) is 0 Å². The number of methoxy groups -OCH3 is 1. The van der Waals surface area contributed by atoms with Crippen molar-refractivity contribution in [3.8, 4) is 5.75 Å². The number of nitrogens with one attached hydrogen (secondary N) is 1. The lowest BCUT2D eigenvalue weighted by Gasteiger charge is -2.30. The summed E-state index contributed by atoms with van der Waals surface area (Å²) in [5, 5.41) is 3.46. The molecule has 0 saturated carbocycles. The first-order valence-corrected chi connectivity index (χ1v) is 8.38. The van der Waals surface area contributed by atoms with Crippen molar-refractivity contribution >= 4 is 5.69 Å².